The molecule has 0 radical (unpaired) electrons. The molecule has 4 nitrogen and oxygen atoms in total. The van der Waals surface area contributed by atoms with Gasteiger partial charge >= 0.3 is 0 Å². The fourth-order valence-electron chi connectivity index (χ4n) is 2.64. The van der Waals surface area contributed by atoms with Gasteiger partial charge < -0.3 is 14.7 Å². The SMILES string of the molecule is CC(CCOc1ccccc1)C(=O)N1CCC(CO)CC1. The zero-order valence-corrected chi connectivity index (χ0v) is 12.7. The van der Waals surface area contributed by atoms with Crippen molar-refractivity contribution in [2.24, 2.45) is 11.8 Å². The molecule has 1 heterocycles. The Labute approximate surface area is 126 Å². The van der Waals surface area contributed by atoms with Gasteiger partial charge in [-0.25, -0.2) is 0 Å². The molecular formula is C17H25NO3. The van der Waals surface area contributed by atoms with E-state index in [1.165, 1.54) is 0 Å². The van der Waals surface area contributed by atoms with Crippen molar-refractivity contribution in [2.45, 2.75) is 26.2 Å². The van der Waals surface area contributed by atoms with Gasteiger partial charge in [0.1, 0.15) is 5.75 Å². The lowest BCUT2D eigenvalue weighted by atomic mass is 9.96. The van der Waals surface area contributed by atoms with Crippen LogP contribution in [0.2, 0.25) is 0 Å². The molecule has 21 heavy (non-hydrogen) atoms. The molecule has 1 fully saturated rings. The van der Waals surface area contributed by atoms with Crippen LogP contribution in [-0.2, 0) is 4.79 Å². The summed E-state index contributed by atoms with van der Waals surface area (Å²) in [5.74, 6) is 1.41. The minimum Gasteiger partial charge on any atom is -0.494 e. The van der Waals surface area contributed by atoms with Crippen molar-refractivity contribution in [3.63, 3.8) is 0 Å². The molecular weight excluding hydrogens is 266 g/mol. The highest BCUT2D eigenvalue weighted by Crippen LogP contribution is 2.19. The lowest BCUT2D eigenvalue weighted by Crippen LogP contribution is -2.42. The van der Waals surface area contributed by atoms with Crippen molar-refractivity contribution in [3.8, 4) is 5.75 Å². The average molecular weight is 291 g/mol. The third kappa shape index (κ3) is 4.74. The second-order valence-electron chi connectivity index (χ2n) is 5.80. The van der Waals surface area contributed by atoms with E-state index in [2.05, 4.69) is 0 Å². The maximum Gasteiger partial charge on any atom is 0.225 e. The highest BCUT2D eigenvalue weighted by Gasteiger charge is 2.25. The van der Waals surface area contributed by atoms with Crippen LogP contribution in [-0.4, -0.2) is 42.2 Å². The van der Waals surface area contributed by atoms with E-state index in [-0.39, 0.29) is 18.4 Å². The van der Waals surface area contributed by atoms with Crippen LogP contribution in [0.4, 0.5) is 0 Å². The quantitative estimate of drug-likeness (QED) is 0.875. The number of rotatable bonds is 6. The first-order valence-electron chi connectivity index (χ1n) is 7.78. The molecule has 1 atom stereocenters. The summed E-state index contributed by atoms with van der Waals surface area (Å²) in [5.41, 5.74) is 0. The normalized spacial score (nSPS) is 17.5. The van der Waals surface area contributed by atoms with Gasteiger partial charge in [-0.15, -0.1) is 0 Å². The fourth-order valence-corrected chi connectivity index (χ4v) is 2.64. The molecule has 4 heteroatoms. The Bertz CT molecular complexity index is 427. The summed E-state index contributed by atoms with van der Waals surface area (Å²) in [6.45, 7) is 4.31. The summed E-state index contributed by atoms with van der Waals surface area (Å²) in [7, 11) is 0. The predicted molar refractivity (Wildman–Crippen MR) is 82.1 cm³/mol. The summed E-state index contributed by atoms with van der Waals surface area (Å²) in [6, 6.07) is 9.68. The van der Waals surface area contributed by atoms with Crippen LogP contribution in [0.1, 0.15) is 26.2 Å². The zero-order chi connectivity index (χ0) is 15.1. The van der Waals surface area contributed by atoms with Crippen LogP contribution in [0.3, 0.4) is 0 Å². The number of hydrogen-bond donors (Lipinski definition) is 1. The topological polar surface area (TPSA) is 49.8 Å². The number of amides is 1. The van der Waals surface area contributed by atoms with E-state index in [0.717, 1.165) is 38.1 Å². The number of ether oxygens (including phenoxy) is 1. The average Bonchev–Trinajstić information content (AvgIpc) is 2.55. The van der Waals surface area contributed by atoms with E-state index in [4.69, 9.17) is 9.84 Å². The number of benzene rings is 1. The van der Waals surface area contributed by atoms with Crippen LogP contribution in [0, 0.1) is 11.8 Å². The van der Waals surface area contributed by atoms with Gasteiger partial charge in [0.2, 0.25) is 5.91 Å². The molecule has 0 aliphatic carbocycles. The standard InChI is InChI=1S/C17H25NO3/c1-14(9-12-21-16-5-3-2-4-6-16)17(20)18-10-7-15(13-19)8-11-18/h2-6,14-15,19H,7-13H2,1H3. The summed E-state index contributed by atoms with van der Waals surface area (Å²) in [6.07, 6.45) is 2.55. The molecule has 1 aliphatic rings. The molecule has 116 valence electrons. The van der Waals surface area contributed by atoms with Crippen LogP contribution in [0.15, 0.2) is 30.3 Å². The molecule has 2 rings (SSSR count). The van der Waals surface area contributed by atoms with E-state index in [1.807, 2.05) is 42.2 Å². The van der Waals surface area contributed by atoms with Crippen LogP contribution >= 0.6 is 0 Å². The summed E-state index contributed by atoms with van der Waals surface area (Å²) >= 11 is 0. The Balaban J connectivity index is 1.70. The van der Waals surface area contributed by atoms with Gasteiger partial charge in [-0.2, -0.15) is 0 Å². The highest BCUT2D eigenvalue weighted by molar-refractivity contribution is 5.78. The number of aliphatic hydroxyl groups is 1. The number of nitrogens with zero attached hydrogens (tertiary/aromatic N) is 1. The number of para-hydroxylation sites is 1. The lowest BCUT2D eigenvalue weighted by molar-refractivity contribution is -0.137. The van der Waals surface area contributed by atoms with Gasteiger partial charge in [-0.05, 0) is 37.3 Å². The monoisotopic (exact) mass is 291 g/mol. The molecule has 1 aromatic rings. The van der Waals surface area contributed by atoms with Crippen molar-refractivity contribution in [1.29, 1.82) is 0 Å². The van der Waals surface area contributed by atoms with Gasteiger partial charge in [-0.1, -0.05) is 25.1 Å². The maximum atomic E-state index is 12.3. The Morgan fingerprint density at radius 2 is 2.00 bits per heavy atom. The molecule has 0 saturated carbocycles. The highest BCUT2D eigenvalue weighted by atomic mass is 16.5. The number of carbonyl (C=O) groups excluding carboxylic acids is 1. The lowest BCUT2D eigenvalue weighted by Gasteiger charge is -2.32. The number of likely N-dealkylation sites (tertiary alicyclic amines) is 1. The fraction of sp³-hybridized carbons (Fsp3) is 0.588. The second-order valence-corrected chi connectivity index (χ2v) is 5.80. The largest absolute Gasteiger partial charge is 0.494 e. The maximum absolute atomic E-state index is 12.3. The number of carbonyl (C=O) groups is 1. The van der Waals surface area contributed by atoms with Crippen molar-refractivity contribution < 1.29 is 14.6 Å². The minimum atomic E-state index is -0.0145. The van der Waals surface area contributed by atoms with Crippen molar-refractivity contribution >= 4 is 5.91 Å². The number of hydrogen-bond acceptors (Lipinski definition) is 3. The first kappa shape index (κ1) is 15.8. The van der Waals surface area contributed by atoms with E-state index in [1.54, 1.807) is 0 Å². The predicted octanol–water partition coefficient (Wildman–Crippen LogP) is 2.32. The molecule has 1 amide bonds. The van der Waals surface area contributed by atoms with E-state index in [0.29, 0.717) is 12.5 Å². The van der Waals surface area contributed by atoms with Gasteiger partial charge in [-0.3, -0.25) is 4.79 Å². The first-order chi connectivity index (χ1) is 10.2. The minimum absolute atomic E-state index is 0.0145. The molecule has 1 aliphatic heterocycles. The Hall–Kier alpha value is -1.55. The van der Waals surface area contributed by atoms with Gasteiger partial charge in [0, 0.05) is 25.6 Å². The Morgan fingerprint density at radius 3 is 2.62 bits per heavy atom. The van der Waals surface area contributed by atoms with Crippen molar-refractivity contribution in [2.75, 3.05) is 26.3 Å². The van der Waals surface area contributed by atoms with E-state index < -0.39 is 0 Å². The zero-order valence-electron chi connectivity index (χ0n) is 12.7. The number of piperidine rings is 1. The summed E-state index contributed by atoms with van der Waals surface area (Å²) in [5, 5.41) is 9.13. The molecule has 1 saturated heterocycles. The van der Waals surface area contributed by atoms with Crippen molar-refractivity contribution in [1.82, 2.24) is 4.90 Å². The molecule has 0 aromatic heterocycles. The van der Waals surface area contributed by atoms with Crippen LogP contribution in [0.25, 0.3) is 0 Å². The van der Waals surface area contributed by atoms with Gasteiger partial charge in [0.05, 0.1) is 6.61 Å². The van der Waals surface area contributed by atoms with Gasteiger partial charge in [0.15, 0.2) is 0 Å². The van der Waals surface area contributed by atoms with Crippen LogP contribution in [0.5, 0.6) is 5.75 Å². The molecule has 1 unspecified atom stereocenters. The number of aliphatic hydroxyl groups excluding tert-OH is 1. The first-order valence-corrected chi connectivity index (χ1v) is 7.78. The third-order valence-corrected chi connectivity index (χ3v) is 4.17. The van der Waals surface area contributed by atoms with Crippen molar-refractivity contribution in [3.05, 3.63) is 30.3 Å². The second kappa shape index (κ2) is 8.03. The molecule has 1 N–H and O–H groups in total. The summed E-state index contributed by atoms with van der Waals surface area (Å²) in [4.78, 5) is 14.3. The Morgan fingerprint density at radius 1 is 1.33 bits per heavy atom. The molecule has 0 bridgehead atoms. The molecule has 0 spiro atoms. The third-order valence-electron chi connectivity index (χ3n) is 4.17. The van der Waals surface area contributed by atoms with Gasteiger partial charge in [0.25, 0.3) is 0 Å². The van der Waals surface area contributed by atoms with Crippen LogP contribution < -0.4 is 4.74 Å². The Kier molecular flexibility index (Phi) is 6.05. The molecule has 1 aromatic carbocycles. The smallest absolute Gasteiger partial charge is 0.225 e. The van der Waals surface area contributed by atoms with E-state index in [9.17, 15) is 4.79 Å². The van der Waals surface area contributed by atoms with E-state index >= 15 is 0 Å². The summed E-state index contributed by atoms with van der Waals surface area (Å²) < 4.78 is 5.64.